The summed E-state index contributed by atoms with van der Waals surface area (Å²) in [6, 6.07) is 44.2. The monoisotopic (exact) mass is 618 g/mol. The third-order valence-electron chi connectivity index (χ3n) is 7.83. The summed E-state index contributed by atoms with van der Waals surface area (Å²) in [4.78, 5) is 17.4. The topological polar surface area (TPSA) is 39.2 Å². The molecule has 1 heterocycles. The quantitative estimate of drug-likeness (QED) is 0.0519. The van der Waals surface area contributed by atoms with Gasteiger partial charge in [-0.3, -0.25) is 0 Å². The van der Waals surface area contributed by atoms with E-state index in [-0.39, 0.29) is 11.4 Å². The molecule has 0 aliphatic heterocycles. The first-order valence-corrected chi connectivity index (χ1v) is 17.3. The van der Waals surface area contributed by atoms with Crippen LogP contribution in [0, 0.1) is 0 Å². The first-order valence-electron chi connectivity index (χ1n) is 14.9. The molecule has 0 N–H and O–H groups in total. The van der Waals surface area contributed by atoms with Crippen LogP contribution in [0.3, 0.4) is 0 Å². The zero-order valence-electron chi connectivity index (χ0n) is 25.5. The minimum atomic E-state index is -1.99. The minimum absolute atomic E-state index is 0.0262. The van der Waals surface area contributed by atoms with E-state index in [0.29, 0.717) is 11.8 Å². The van der Waals surface area contributed by atoms with E-state index in [0.717, 1.165) is 29.3 Å². The predicted octanol–water partition coefficient (Wildman–Crippen LogP) is 8.39. The third-order valence-corrected chi connectivity index (χ3v) is 12.6. The van der Waals surface area contributed by atoms with Crippen LogP contribution >= 0.6 is 18.9 Å². The standard InChI is InChI=1S/C39H38ClNO2P/c1-39(2,3)32-22-20-30(21-23-32)36(31-24-25-41-37(40)28-31)29-38(42)43-26-13-27-44(33-14-7-4-8-15-33,34-16-9-5-10-17-34)35-18-11-6-12-19-35/h4-12,14-25,28-29H,13,26-27H2,1-3H3/q+1/b36-29-. The number of hydrogen-bond donors (Lipinski definition) is 0. The van der Waals surface area contributed by atoms with Gasteiger partial charge in [-0.25, -0.2) is 9.78 Å². The second kappa shape index (κ2) is 14.2. The SMILES string of the molecule is CC(C)(C)c1ccc(/C(=C/C(=O)OCCC[P+](c2ccccc2)(c2ccccc2)c2ccccc2)c2ccnc(Cl)c2)cc1. The Kier molecular flexibility index (Phi) is 10.1. The van der Waals surface area contributed by atoms with E-state index in [4.69, 9.17) is 16.3 Å². The van der Waals surface area contributed by atoms with Crippen molar-refractivity contribution in [2.75, 3.05) is 12.8 Å². The number of ether oxygens (including phenoxy) is 1. The van der Waals surface area contributed by atoms with Crippen molar-refractivity contribution in [3.8, 4) is 0 Å². The summed E-state index contributed by atoms with van der Waals surface area (Å²) in [6.45, 7) is 6.87. The summed E-state index contributed by atoms with van der Waals surface area (Å²) in [5.41, 5.74) is 3.72. The smallest absolute Gasteiger partial charge is 0.331 e. The summed E-state index contributed by atoms with van der Waals surface area (Å²) < 4.78 is 5.88. The Bertz CT molecular complexity index is 1600. The van der Waals surface area contributed by atoms with E-state index in [2.05, 4.69) is 129 Å². The third kappa shape index (κ3) is 7.36. The van der Waals surface area contributed by atoms with E-state index in [1.807, 2.05) is 18.2 Å². The lowest BCUT2D eigenvalue weighted by Gasteiger charge is -2.27. The van der Waals surface area contributed by atoms with Crippen molar-refractivity contribution in [2.45, 2.75) is 32.6 Å². The molecule has 3 nitrogen and oxygen atoms in total. The average molecular weight is 619 g/mol. The maximum Gasteiger partial charge on any atom is 0.331 e. The molecule has 0 radical (unpaired) electrons. The molecular formula is C39H38ClNO2P+. The normalized spacial score (nSPS) is 12.1. The van der Waals surface area contributed by atoms with E-state index < -0.39 is 7.26 Å². The highest BCUT2D eigenvalue weighted by atomic mass is 35.5. The van der Waals surface area contributed by atoms with E-state index in [9.17, 15) is 4.79 Å². The Morgan fingerprint density at radius 3 is 1.75 bits per heavy atom. The fraction of sp³-hybridized carbons (Fsp3) is 0.179. The number of pyridine rings is 1. The van der Waals surface area contributed by atoms with Crippen LogP contribution in [0.2, 0.25) is 5.15 Å². The molecule has 0 bridgehead atoms. The Morgan fingerprint density at radius 2 is 1.27 bits per heavy atom. The molecule has 5 heteroatoms. The maximum atomic E-state index is 13.3. The molecule has 44 heavy (non-hydrogen) atoms. The molecule has 0 saturated carbocycles. The maximum absolute atomic E-state index is 13.3. The second-order valence-electron chi connectivity index (χ2n) is 11.8. The van der Waals surface area contributed by atoms with Crippen LogP contribution in [0.1, 0.15) is 43.9 Å². The van der Waals surface area contributed by atoms with Gasteiger partial charge in [-0.15, -0.1) is 0 Å². The summed E-state index contributed by atoms with van der Waals surface area (Å²) >= 11 is 6.24. The van der Waals surface area contributed by atoms with Crippen LogP contribution in [0.5, 0.6) is 0 Å². The molecule has 0 fully saturated rings. The molecule has 0 unspecified atom stereocenters. The average Bonchev–Trinajstić information content (AvgIpc) is 3.05. The second-order valence-corrected chi connectivity index (χ2v) is 15.8. The first kappa shape index (κ1) is 31.4. The van der Waals surface area contributed by atoms with Crippen molar-refractivity contribution in [3.05, 3.63) is 162 Å². The zero-order chi connectivity index (χ0) is 31.0. The number of halogens is 1. The Balaban J connectivity index is 1.40. The molecule has 0 amide bonds. The van der Waals surface area contributed by atoms with Crippen LogP contribution in [-0.4, -0.2) is 23.7 Å². The van der Waals surface area contributed by atoms with Gasteiger partial charge >= 0.3 is 5.97 Å². The number of hydrogen-bond acceptors (Lipinski definition) is 3. The van der Waals surface area contributed by atoms with E-state index in [1.54, 1.807) is 18.3 Å². The number of carbonyl (C=O) groups excluding carboxylic acids is 1. The summed E-state index contributed by atoms with van der Waals surface area (Å²) in [5.74, 6) is -0.379. The van der Waals surface area contributed by atoms with Crippen LogP contribution < -0.4 is 15.9 Å². The number of nitrogens with zero attached hydrogens (tertiary/aromatic N) is 1. The molecule has 1 aromatic heterocycles. The van der Waals surface area contributed by atoms with E-state index in [1.165, 1.54) is 21.5 Å². The Morgan fingerprint density at radius 1 is 0.750 bits per heavy atom. The molecule has 0 aliphatic rings. The van der Waals surface area contributed by atoms with Gasteiger partial charge in [0.2, 0.25) is 0 Å². The highest BCUT2D eigenvalue weighted by Gasteiger charge is 2.44. The number of rotatable bonds is 10. The highest BCUT2D eigenvalue weighted by molar-refractivity contribution is 7.95. The summed E-state index contributed by atoms with van der Waals surface area (Å²) in [6.07, 6.45) is 4.83. The Labute approximate surface area is 267 Å². The van der Waals surface area contributed by atoms with Crippen molar-refractivity contribution in [2.24, 2.45) is 0 Å². The van der Waals surface area contributed by atoms with Crippen molar-refractivity contribution in [1.29, 1.82) is 0 Å². The van der Waals surface area contributed by atoms with Gasteiger partial charge in [0.15, 0.2) is 0 Å². The number of benzene rings is 4. The van der Waals surface area contributed by atoms with Crippen LogP contribution in [0.4, 0.5) is 0 Å². The highest BCUT2D eigenvalue weighted by Crippen LogP contribution is 2.55. The predicted molar refractivity (Wildman–Crippen MR) is 187 cm³/mol. The van der Waals surface area contributed by atoms with Gasteiger partial charge in [0.1, 0.15) is 28.3 Å². The van der Waals surface area contributed by atoms with Crippen LogP contribution in [0.15, 0.2) is 140 Å². The molecule has 5 rings (SSSR count). The van der Waals surface area contributed by atoms with Gasteiger partial charge in [0.05, 0.1) is 12.8 Å². The largest absolute Gasteiger partial charge is 0.462 e. The molecule has 5 aromatic rings. The number of aromatic nitrogens is 1. The van der Waals surface area contributed by atoms with Gasteiger partial charge in [-0.2, -0.15) is 0 Å². The summed E-state index contributed by atoms with van der Waals surface area (Å²) in [7, 11) is -1.99. The van der Waals surface area contributed by atoms with Gasteiger partial charge < -0.3 is 4.74 Å². The van der Waals surface area contributed by atoms with Gasteiger partial charge in [-0.05, 0) is 76.2 Å². The molecule has 0 saturated heterocycles. The molecule has 222 valence electrons. The molecular weight excluding hydrogens is 581 g/mol. The lowest BCUT2D eigenvalue weighted by molar-refractivity contribution is -0.137. The number of carbonyl (C=O) groups is 1. The molecule has 0 atom stereocenters. The minimum Gasteiger partial charge on any atom is -0.462 e. The fourth-order valence-corrected chi connectivity index (χ4v) is 10.1. The van der Waals surface area contributed by atoms with Gasteiger partial charge in [0.25, 0.3) is 0 Å². The van der Waals surface area contributed by atoms with Gasteiger partial charge in [0, 0.05) is 18.7 Å². The Hall–Kier alpha value is -4.04. The van der Waals surface area contributed by atoms with E-state index >= 15 is 0 Å². The van der Waals surface area contributed by atoms with Crippen molar-refractivity contribution >= 4 is 46.3 Å². The molecule has 0 aliphatic carbocycles. The van der Waals surface area contributed by atoms with Crippen LogP contribution in [0.25, 0.3) is 5.57 Å². The van der Waals surface area contributed by atoms with Gasteiger partial charge in [-0.1, -0.05) is 111 Å². The first-order chi connectivity index (χ1) is 21.3. The lowest BCUT2D eigenvalue weighted by Crippen LogP contribution is -2.33. The molecule has 0 spiro atoms. The van der Waals surface area contributed by atoms with Crippen molar-refractivity contribution in [1.82, 2.24) is 4.98 Å². The zero-order valence-corrected chi connectivity index (χ0v) is 27.1. The summed E-state index contributed by atoms with van der Waals surface area (Å²) in [5, 5.41) is 4.33. The fourth-order valence-electron chi connectivity index (χ4n) is 5.57. The lowest BCUT2D eigenvalue weighted by atomic mass is 9.85. The number of esters is 1. The van der Waals surface area contributed by atoms with Crippen molar-refractivity contribution < 1.29 is 9.53 Å². The van der Waals surface area contributed by atoms with Crippen molar-refractivity contribution in [3.63, 3.8) is 0 Å². The molecule has 4 aromatic carbocycles. The van der Waals surface area contributed by atoms with Crippen LogP contribution in [-0.2, 0) is 14.9 Å².